The fraction of sp³-hybridized carbons (Fsp3) is 0.294. The number of benzene rings is 2. The predicted octanol–water partition coefficient (Wildman–Crippen LogP) is 4.78. The number of aromatic nitrogens is 1. The van der Waals surface area contributed by atoms with E-state index < -0.39 is 0 Å². The van der Waals surface area contributed by atoms with E-state index in [9.17, 15) is 0 Å². The minimum absolute atomic E-state index is 1.10. The van der Waals surface area contributed by atoms with Gasteiger partial charge in [-0.2, -0.15) is 0 Å². The van der Waals surface area contributed by atoms with E-state index in [4.69, 9.17) is 0 Å². The molecule has 2 aromatic carbocycles. The maximum absolute atomic E-state index is 3.40. The van der Waals surface area contributed by atoms with Crippen LogP contribution >= 0.6 is 0 Å². The lowest BCUT2D eigenvalue weighted by Gasteiger charge is -2.06. The SMILES string of the molecule is CCCCCn1c2[c]cccc2c2ccccc21. The molecule has 0 spiro atoms. The van der Waals surface area contributed by atoms with E-state index in [1.54, 1.807) is 0 Å². The van der Waals surface area contributed by atoms with Crippen LogP contribution < -0.4 is 0 Å². The molecule has 0 bridgehead atoms. The van der Waals surface area contributed by atoms with Crippen LogP contribution in [0.2, 0.25) is 0 Å². The Morgan fingerprint density at radius 1 is 1.00 bits per heavy atom. The Morgan fingerprint density at radius 2 is 1.83 bits per heavy atom. The van der Waals surface area contributed by atoms with E-state index in [1.165, 1.54) is 41.1 Å². The second-order valence-corrected chi connectivity index (χ2v) is 4.81. The second kappa shape index (κ2) is 4.85. The van der Waals surface area contributed by atoms with Crippen molar-refractivity contribution >= 4 is 21.8 Å². The van der Waals surface area contributed by atoms with Gasteiger partial charge in [-0.3, -0.25) is 0 Å². The molecule has 0 atom stereocenters. The first kappa shape index (κ1) is 11.3. The highest BCUT2D eigenvalue weighted by Crippen LogP contribution is 2.28. The topological polar surface area (TPSA) is 4.93 Å². The molecule has 0 aliphatic rings. The molecule has 0 saturated carbocycles. The zero-order valence-corrected chi connectivity index (χ0v) is 10.8. The maximum atomic E-state index is 3.40. The van der Waals surface area contributed by atoms with Crippen molar-refractivity contribution in [3.8, 4) is 0 Å². The summed E-state index contributed by atoms with van der Waals surface area (Å²) in [6.45, 7) is 3.34. The fourth-order valence-corrected chi connectivity index (χ4v) is 2.68. The van der Waals surface area contributed by atoms with Gasteiger partial charge in [0.1, 0.15) is 0 Å². The van der Waals surface area contributed by atoms with Crippen molar-refractivity contribution in [2.24, 2.45) is 0 Å². The number of unbranched alkanes of at least 4 members (excludes halogenated alkanes) is 2. The first-order valence-electron chi connectivity index (χ1n) is 6.79. The van der Waals surface area contributed by atoms with E-state index >= 15 is 0 Å². The molecule has 3 aromatic rings. The molecule has 3 rings (SSSR count). The largest absolute Gasteiger partial charge is 0.340 e. The summed E-state index contributed by atoms with van der Waals surface area (Å²) in [6.07, 6.45) is 3.80. The van der Waals surface area contributed by atoms with Crippen LogP contribution in [0, 0.1) is 6.07 Å². The van der Waals surface area contributed by atoms with Gasteiger partial charge in [-0.15, -0.1) is 0 Å². The summed E-state index contributed by atoms with van der Waals surface area (Å²) in [5.41, 5.74) is 2.58. The number of nitrogens with zero attached hydrogens (tertiary/aromatic N) is 1. The van der Waals surface area contributed by atoms with Crippen molar-refractivity contribution in [1.82, 2.24) is 4.57 Å². The van der Waals surface area contributed by atoms with Gasteiger partial charge in [-0.05, 0) is 12.5 Å². The highest BCUT2D eigenvalue weighted by atomic mass is 15.0. The van der Waals surface area contributed by atoms with Gasteiger partial charge in [0.15, 0.2) is 0 Å². The molecule has 0 N–H and O–H groups in total. The lowest BCUT2D eigenvalue weighted by atomic mass is 10.2. The molecule has 0 aliphatic carbocycles. The minimum atomic E-state index is 1.10. The molecule has 0 saturated heterocycles. The molecule has 1 nitrogen and oxygen atoms in total. The first-order chi connectivity index (χ1) is 8.92. The fourth-order valence-electron chi connectivity index (χ4n) is 2.68. The number of hydrogen-bond acceptors (Lipinski definition) is 0. The molecule has 18 heavy (non-hydrogen) atoms. The molecule has 1 radical (unpaired) electrons. The highest BCUT2D eigenvalue weighted by molar-refractivity contribution is 6.07. The Kier molecular flexibility index (Phi) is 3.06. The Hall–Kier alpha value is -1.76. The van der Waals surface area contributed by atoms with Crippen LogP contribution in [0.15, 0.2) is 42.5 Å². The van der Waals surface area contributed by atoms with Gasteiger partial charge in [-0.1, -0.05) is 56.2 Å². The minimum Gasteiger partial charge on any atom is -0.340 e. The molecule has 0 unspecified atom stereocenters. The molecule has 1 heterocycles. The molecule has 0 fully saturated rings. The van der Waals surface area contributed by atoms with Crippen LogP contribution in [-0.4, -0.2) is 4.57 Å². The van der Waals surface area contributed by atoms with Crippen molar-refractivity contribution in [3.05, 3.63) is 48.5 Å². The van der Waals surface area contributed by atoms with Gasteiger partial charge >= 0.3 is 0 Å². The molecule has 0 amide bonds. The lowest BCUT2D eigenvalue weighted by Crippen LogP contribution is -1.97. The molecular weight excluding hydrogens is 218 g/mol. The molecule has 91 valence electrons. The standard InChI is InChI=1S/C17H18N/c1-2-3-8-13-18-16-11-6-4-9-14(16)15-10-5-7-12-17(15)18/h4-7,9-11H,2-3,8,13H2,1H3. The van der Waals surface area contributed by atoms with Crippen LogP contribution in [0.25, 0.3) is 21.8 Å². The molecular formula is C17H18N. The smallest absolute Gasteiger partial charge is 0.0571 e. The zero-order valence-electron chi connectivity index (χ0n) is 10.8. The lowest BCUT2D eigenvalue weighted by molar-refractivity contribution is 0.627. The van der Waals surface area contributed by atoms with E-state index in [1.807, 2.05) is 6.07 Å². The summed E-state index contributed by atoms with van der Waals surface area (Å²) >= 11 is 0. The quantitative estimate of drug-likeness (QED) is 0.574. The Morgan fingerprint density at radius 3 is 2.72 bits per heavy atom. The summed E-state index contributed by atoms with van der Waals surface area (Å²) in [7, 11) is 0. The summed E-state index contributed by atoms with van der Waals surface area (Å²) in [5, 5.41) is 2.67. The first-order valence-corrected chi connectivity index (χ1v) is 6.79. The number of aryl methyl sites for hydroxylation is 1. The van der Waals surface area contributed by atoms with Crippen molar-refractivity contribution in [2.75, 3.05) is 0 Å². The van der Waals surface area contributed by atoms with Crippen LogP contribution in [0.1, 0.15) is 26.2 Å². The normalized spacial score (nSPS) is 11.4. The van der Waals surface area contributed by atoms with Crippen LogP contribution in [0.4, 0.5) is 0 Å². The molecule has 1 aromatic heterocycles. The Labute approximate surface area is 108 Å². The summed E-state index contributed by atoms with van der Waals surface area (Å²) in [6, 6.07) is 18.3. The number of hydrogen-bond donors (Lipinski definition) is 0. The van der Waals surface area contributed by atoms with Crippen LogP contribution in [0.5, 0.6) is 0 Å². The Balaban J connectivity index is 2.18. The van der Waals surface area contributed by atoms with Crippen LogP contribution in [-0.2, 0) is 6.54 Å². The van der Waals surface area contributed by atoms with Gasteiger partial charge in [0, 0.05) is 28.9 Å². The van der Waals surface area contributed by atoms with Crippen LogP contribution in [0.3, 0.4) is 0 Å². The second-order valence-electron chi connectivity index (χ2n) is 4.81. The van der Waals surface area contributed by atoms with Gasteiger partial charge < -0.3 is 4.57 Å². The Bertz CT molecular complexity index is 610. The van der Waals surface area contributed by atoms with E-state index in [2.05, 4.69) is 54.0 Å². The van der Waals surface area contributed by atoms with Gasteiger partial charge in [0.2, 0.25) is 0 Å². The van der Waals surface area contributed by atoms with Gasteiger partial charge in [0.25, 0.3) is 0 Å². The molecule has 0 aliphatic heterocycles. The van der Waals surface area contributed by atoms with Gasteiger partial charge in [0.05, 0.1) is 5.52 Å². The van der Waals surface area contributed by atoms with Crippen molar-refractivity contribution in [3.63, 3.8) is 0 Å². The third-order valence-electron chi connectivity index (χ3n) is 3.57. The number of fused-ring (bicyclic) bond motifs is 3. The van der Waals surface area contributed by atoms with Crippen molar-refractivity contribution < 1.29 is 0 Å². The summed E-state index contributed by atoms with van der Waals surface area (Å²) < 4.78 is 2.42. The third-order valence-corrected chi connectivity index (χ3v) is 3.57. The average Bonchev–Trinajstić information content (AvgIpc) is 2.74. The average molecular weight is 236 g/mol. The van der Waals surface area contributed by atoms with Gasteiger partial charge in [-0.25, -0.2) is 0 Å². The number of rotatable bonds is 4. The van der Waals surface area contributed by atoms with E-state index in [0.717, 1.165) is 6.54 Å². The predicted molar refractivity (Wildman–Crippen MR) is 77.8 cm³/mol. The van der Waals surface area contributed by atoms with Crippen molar-refractivity contribution in [2.45, 2.75) is 32.7 Å². The van der Waals surface area contributed by atoms with E-state index in [-0.39, 0.29) is 0 Å². The van der Waals surface area contributed by atoms with Crippen molar-refractivity contribution in [1.29, 1.82) is 0 Å². The highest BCUT2D eigenvalue weighted by Gasteiger charge is 2.08. The molecule has 1 heteroatoms. The zero-order chi connectivity index (χ0) is 12.4. The third kappa shape index (κ3) is 1.80. The number of para-hydroxylation sites is 2. The monoisotopic (exact) mass is 236 g/mol. The summed E-state index contributed by atoms with van der Waals surface area (Å²) in [4.78, 5) is 0. The summed E-state index contributed by atoms with van der Waals surface area (Å²) in [5.74, 6) is 0. The maximum Gasteiger partial charge on any atom is 0.0571 e. The van der Waals surface area contributed by atoms with E-state index in [0.29, 0.717) is 0 Å².